The number of rotatable bonds is 1. The smallest absolute Gasteiger partial charge is 0.234 e. The summed E-state index contributed by atoms with van der Waals surface area (Å²) in [5.41, 5.74) is 0. The maximum Gasteiger partial charge on any atom is 0.234 e. The van der Waals surface area contributed by atoms with E-state index in [-0.39, 0.29) is 11.9 Å². The van der Waals surface area contributed by atoms with E-state index in [1.54, 1.807) is 0 Å². The zero-order valence-electron chi connectivity index (χ0n) is 8.45. The van der Waals surface area contributed by atoms with Gasteiger partial charge in [-0.3, -0.25) is 14.5 Å². The Morgan fingerprint density at radius 1 is 1.43 bits per heavy atom. The lowest BCUT2D eigenvalue weighted by Crippen LogP contribution is -2.55. The summed E-state index contributed by atoms with van der Waals surface area (Å²) in [7, 11) is 0. The first-order valence-corrected chi connectivity index (χ1v) is 5.20. The maximum absolute atomic E-state index is 11.3. The van der Waals surface area contributed by atoms with Crippen LogP contribution in [0.1, 0.15) is 26.2 Å². The molecule has 2 atom stereocenters. The molecule has 4 nitrogen and oxygen atoms in total. The van der Waals surface area contributed by atoms with Crippen molar-refractivity contribution >= 4 is 11.7 Å². The van der Waals surface area contributed by atoms with Crippen LogP contribution in [0.5, 0.6) is 0 Å². The quantitative estimate of drug-likeness (QED) is 0.638. The largest absolute Gasteiger partial charge is 0.351 e. The summed E-state index contributed by atoms with van der Waals surface area (Å²) in [6.45, 7) is 3.34. The topological polar surface area (TPSA) is 49.4 Å². The normalized spacial score (nSPS) is 34.6. The van der Waals surface area contributed by atoms with Crippen LogP contribution >= 0.6 is 0 Å². The van der Waals surface area contributed by atoms with Gasteiger partial charge in [-0.2, -0.15) is 0 Å². The lowest BCUT2D eigenvalue weighted by Gasteiger charge is -2.34. The van der Waals surface area contributed by atoms with Crippen LogP contribution in [0.15, 0.2) is 0 Å². The Morgan fingerprint density at radius 3 is 2.79 bits per heavy atom. The molecule has 0 aromatic heterocycles. The highest BCUT2D eigenvalue weighted by Crippen LogP contribution is 2.21. The second-order valence-corrected chi connectivity index (χ2v) is 4.33. The lowest BCUT2D eigenvalue weighted by molar-refractivity contribution is -0.126. The third-order valence-electron chi connectivity index (χ3n) is 3.00. The molecule has 1 saturated carbocycles. The highest BCUT2D eigenvalue weighted by molar-refractivity contribution is 5.82. The highest BCUT2D eigenvalue weighted by Gasteiger charge is 2.32. The van der Waals surface area contributed by atoms with Gasteiger partial charge in [-0.05, 0) is 13.3 Å². The Balaban J connectivity index is 1.96. The number of Topliss-reactive ketones (excluding diaryl/α,β-unsaturated/α-hetero) is 1. The third-order valence-corrected chi connectivity index (χ3v) is 3.00. The summed E-state index contributed by atoms with van der Waals surface area (Å²) in [4.78, 5) is 24.6. The van der Waals surface area contributed by atoms with Gasteiger partial charge in [0.2, 0.25) is 5.91 Å². The van der Waals surface area contributed by atoms with Crippen LogP contribution in [-0.4, -0.2) is 41.8 Å². The fourth-order valence-electron chi connectivity index (χ4n) is 2.35. The molecule has 1 heterocycles. The number of amides is 1. The Labute approximate surface area is 83.6 Å². The van der Waals surface area contributed by atoms with E-state index in [0.29, 0.717) is 31.2 Å². The molecule has 4 heteroatoms. The summed E-state index contributed by atoms with van der Waals surface area (Å²) < 4.78 is 0. The van der Waals surface area contributed by atoms with Crippen molar-refractivity contribution in [1.82, 2.24) is 10.2 Å². The van der Waals surface area contributed by atoms with Gasteiger partial charge in [-0.1, -0.05) is 0 Å². The minimum atomic E-state index is 0.0862. The van der Waals surface area contributed by atoms with Crippen molar-refractivity contribution in [3.8, 4) is 0 Å². The Bertz CT molecular complexity index is 265. The number of hydrogen-bond acceptors (Lipinski definition) is 3. The molecule has 2 rings (SSSR count). The SMILES string of the molecule is CC1CN(C2CCC(=O)C2)CC(=O)N1. The number of carbonyl (C=O) groups excluding carboxylic acids is 2. The van der Waals surface area contributed by atoms with Crippen LogP contribution < -0.4 is 5.32 Å². The van der Waals surface area contributed by atoms with Gasteiger partial charge in [0.25, 0.3) is 0 Å². The Morgan fingerprint density at radius 2 is 2.21 bits per heavy atom. The van der Waals surface area contributed by atoms with E-state index < -0.39 is 0 Å². The Kier molecular flexibility index (Phi) is 2.54. The maximum atomic E-state index is 11.3. The van der Waals surface area contributed by atoms with E-state index in [9.17, 15) is 9.59 Å². The molecule has 1 aliphatic heterocycles. The number of hydrogen-bond donors (Lipinski definition) is 1. The molecular weight excluding hydrogens is 180 g/mol. The first-order valence-electron chi connectivity index (χ1n) is 5.20. The molecule has 0 aromatic carbocycles. The molecular formula is C10H16N2O2. The van der Waals surface area contributed by atoms with Crippen molar-refractivity contribution in [3.05, 3.63) is 0 Å². The molecule has 1 aliphatic carbocycles. The van der Waals surface area contributed by atoms with Gasteiger partial charge in [-0.25, -0.2) is 0 Å². The first-order chi connectivity index (χ1) is 6.65. The number of piperazine rings is 1. The first kappa shape index (κ1) is 9.65. The lowest BCUT2D eigenvalue weighted by atomic mass is 10.1. The summed E-state index contributed by atoms with van der Waals surface area (Å²) in [6.07, 6.45) is 2.26. The van der Waals surface area contributed by atoms with E-state index in [2.05, 4.69) is 10.2 Å². The molecule has 2 fully saturated rings. The standard InChI is InChI=1S/C10H16N2O2/c1-7-5-12(6-10(14)11-7)8-2-3-9(13)4-8/h7-8H,2-6H2,1H3,(H,11,14). The monoisotopic (exact) mass is 196 g/mol. The predicted octanol–water partition coefficient (Wildman–Crippen LogP) is -0.0717. The van der Waals surface area contributed by atoms with Crippen LogP contribution in [-0.2, 0) is 9.59 Å². The van der Waals surface area contributed by atoms with Crippen molar-refractivity contribution in [3.63, 3.8) is 0 Å². The third kappa shape index (κ3) is 1.95. The molecule has 2 unspecified atom stereocenters. The highest BCUT2D eigenvalue weighted by atomic mass is 16.2. The number of nitrogens with one attached hydrogen (secondary N) is 1. The van der Waals surface area contributed by atoms with Gasteiger partial charge in [0, 0.05) is 31.5 Å². The van der Waals surface area contributed by atoms with E-state index in [1.165, 1.54) is 0 Å². The van der Waals surface area contributed by atoms with Crippen molar-refractivity contribution in [2.24, 2.45) is 0 Å². The van der Waals surface area contributed by atoms with E-state index >= 15 is 0 Å². The van der Waals surface area contributed by atoms with Gasteiger partial charge < -0.3 is 5.32 Å². The van der Waals surface area contributed by atoms with Crippen LogP contribution in [0.25, 0.3) is 0 Å². The average molecular weight is 196 g/mol. The molecule has 0 radical (unpaired) electrons. The summed E-state index contributed by atoms with van der Waals surface area (Å²) in [5, 5.41) is 2.88. The molecule has 1 amide bonds. The molecule has 1 saturated heterocycles. The minimum Gasteiger partial charge on any atom is -0.351 e. The van der Waals surface area contributed by atoms with E-state index in [1.807, 2.05) is 6.92 Å². The van der Waals surface area contributed by atoms with Crippen molar-refractivity contribution in [1.29, 1.82) is 0 Å². The van der Waals surface area contributed by atoms with Gasteiger partial charge in [-0.15, -0.1) is 0 Å². The van der Waals surface area contributed by atoms with Crippen LogP contribution in [0.3, 0.4) is 0 Å². The molecule has 14 heavy (non-hydrogen) atoms. The number of nitrogens with zero attached hydrogens (tertiary/aromatic N) is 1. The summed E-state index contributed by atoms with van der Waals surface area (Å²) in [6, 6.07) is 0.531. The fourth-order valence-corrected chi connectivity index (χ4v) is 2.35. The van der Waals surface area contributed by atoms with Crippen molar-refractivity contribution in [2.75, 3.05) is 13.1 Å². The summed E-state index contributed by atoms with van der Waals surface area (Å²) >= 11 is 0. The van der Waals surface area contributed by atoms with Crippen molar-refractivity contribution in [2.45, 2.75) is 38.3 Å². The minimum absolute atomic E-state index is 0.0862. The van der Waals surface area contributed by atoms with Gasteiger partial charge >= 0.3 is 0 Å². The zero-order chi connectivity index (χ0) is 10.1. The molecule has 1 N–H and O–H groups in total. The second kappa shape index (κ2) is 3.69. The average Bonchev–Trinajstić information content (AvgIpc) is 2.50. The Hall–Kier alpha value is -0.900. The predicted molar refractivity (Wildman–Crippen MR) is 51.8 cm³/mol. The van der Waals surface area contributed by atoms with Gasteiger partial charge in [0.15, 0.2) is 0 Å². The fraction of sp³-hybridized carbons (Fsp3) is 0.800. The van der Waals surface area contributed by atoms with E-state index in [4.69, 9.17) is 0 Å². The molecule has 2 aliphatic rings. The molecule has 0 spiro atoms. The van der Waals surface area contributed by atoms with Crippen LogP contribution in [0.2, 0.25) is 0 Å². The second-order valence-electron chi connectivity index (χ2n) is 4.33. The molecule has 0 aromatic rings. The molecule has 78 valence electrons. The summed E-state index contributed by atoms with van der Waals surface area (Å²) in [5.74, 6) is 0.428. The van der Waals surface area contributed by atoms with Crippen molar-refractivity contribution < 1.29 is 9.59 Å². The van der Waals surface area contributed by atoms with Gasteiger partial charge in [0.1, 0.15) is 5.78 Å². The molecule has 0 bridgehead atoms. The zero-order valence-corrected chi connectivity index (χ0v) is 8.45. The van der Waals surface area contributed by atoms with E-state index in [0.717, 1.165) is 13.0 Å². The number of carbonyl (C=O) groups is 2. The van der Waals surface area contributed by atoms with Crippen LogP contribution in [0, 0.1) is 0 Å². The number of ketones is 1. The van der Waals surface area contributed by atoms with Gasteiger partial charge in [0.05, 0.1) is 6.54 Å². The van der Waals surface area contributed by atoms with Crippen LogP contribution in [0.4, 0.5) is 0 Å².